The van der Waals surface area contributed by atoms with Crippen molar-refractivity contribution in [1.82, 2.24) is 5.32 Å². The van der Waals surface area contributed by atoms with E-state index in [0.717, 1.165) is 38.5 Å². The largest absolute Gasteiger partial charge is 0.508 e. The van der Waals surface area contributed by atoms with Crippen LogP contribution in [-0.2, 0) is 4.74 Å². The van der Waals surface area contributed by atoms with Gasteiger partial charge in [-0.3, -0.25) is 0 Å². The van der Waals surface area contributed by atoms with E-state index in [-0.39, 0.29) is 17.6 Å². The van der Waals surface area contributed by atoms with Crippen LogP contribution in [-0.4, -0.2) is 25.4 Å². The summed E-state index contributed by atoms with van der Waals surface area (Å²) in [5.74, 6) is -0.405. The van der Waals surface area contributed by atoms with Crippen molar-refractivity contribution in [3.8, 4) is 5.75 Å². The first-order valence-corrected chi connectivity index (χ1v) is 6.36. The first-order valence-electron chi connectivity index (χ1n) is 6.36. The number of halogens is 1. The summed E-state index contributed by atoms with van der Waals surface area (Å²) < 4.78 is 18.5. The molecule has 102 valence electrons. The number of phenols is 1. The molecule has 0 heterocycles. The second-order valence-electron chi connectivity index (χ2n) is 4.44. The summed E-state index contributed by atoms with van der Waals surface area (Å²) in [6.45, 7) is 3.57. The van der Waals surface area contributed by atoms with Crippen LogP contribution in [0.1, 0.15) is 37.8 Å². The fourth-order valence-electron chi connectivity index (χ4n) is 1.84. The standard InChI is InChI=1S/C14H22FNO2/c1-11(16-8-4-3-5-9-18-2)13-7-6-12(17)10-14(13)15/h6-7,10-11,16-17H,3-5,8-9H2,1-2H3. The highest BCUT2D eigenvalue weighted by molar-refractivity contribution is 5.29. The van der Waals surface area contributed by atoms with E-state index in [2.05, 4.69) is 5.32 Å². The van der Waals surface area contributed by atoms with Crippen LogP contribution < -0.4 is 5.32 Å². The highest BCUT2D eigenvalue weighted by atomic mass is 19.1. The lowest BCUT2D eigenvalue weighted by Crippen LogP contribution is -2.20. The Bertz CT molecular complexity index is 358. The molecule has 1 aromatic rings. The van der Waals surface area contributed by atoms with Crippen LogP contribution in [0, 0.1) is 5.82 Å². The van der Waals surface area contributed by atoms with E-state index in [4.69, 9.17) is 9.84 Å². The maximum absolute atomic E-state index is 13.6. The molecule has 0 radical (unpaired) electrons. The maximum atomic E-state index is 13.6. The first-order chi connectivity index (χ1) is 8.65. The molecular formula is C14H22FNO2. The van der Waals surface area contributed by atoms with Gasteiger partial charge >= 0.3 is 0 Å². The van der Waals surface area contributed by atoms with E-state index in [1.807, 2.05) is 6.92 Å². The van der Waals surface area contributed by atoms with E-state index in [1.54, 1.807) is 13.2 Å². The predicted octanol–water partition coefficient (Wildman–Crippen LogP) is 3.00. The first kappa shape index (κ1) is 14.9. The lowest BCUT2D eigenvalue weighted by molar-refractivity contribution is 0.192. The molecule has 0 bridgehead atoms. The van der Waals surface area contributed by atoms with Gasteiger partial charge in [0, 0.05) is 31.4 Å². The number of aromatic hydroxyl groups is 1. The molecule has 1 rings (SSSR count). The summed E-state index contributed by atoms with van der Waals surface area (Å²) >= 11 is 0. The van der Waals surface area contributed by atoms with Gasteiger partial charge in [-0.2, -0.15) is 0 Å². The van der Waals surface area contributed by atoms with Crippen molar-refractivity contribution in [2.75, 3.05) is 20.3 Å². The van der Waals surface area contributed by atoms with Crippen molar-refractivity contribution in [2.24, 2.45) is 0 Å². The molecule has 0 spiro atoms. The van der Waals surface area contributed by atoms with Gasteiger partial charge in [0.15, 0.2) is 0 Å². The van der Waals surface area contributed by atoms with E-state index in [0.29, 0.717) is 5.56 Å². The molecule has 0 saturated heterocycles. The molecule has 0 aliphatic carbocycles. The Morgan fingerprint density at radius 3 is 2.78 bits per heavy atom. The summed E-state index contributed by atoms with van der Waals surface area (Å²) in [5.41, 5.74) is 0.588. The van der Waals surface area contributed by atoms with E-state index >= 15 is 0 Å². The third-order valence-electron chi connectivity index (χ3n) is 2.93. The zero-order chi connectivity index (χ0) is 13.4. The van der Waals surface area contributed by atoms with Gasteiger partial charge in [-0.15, -0.1) is 0 Å². The smallest absolute Gasteiger partial charge is 0.131 e. The van der Waals surface area contributed by atoms with Crippen molar-refractivity contribution >= 4 is 0 Å². The summed E-state index contributed by atoms with van der Waals surface area (Å²) in [6, 6.07) is 4.22. The fourth-order valence-corrected chi connectivity index (χ4v) is 1.84. The van der Waals surface area contributed by atoms with Crippen LogP contribution in [0.15, 0.2) is 18.2 Å². The zero-order valence-electron chi connectivity index (χ0n) is 11.1. The molecular weight excluding hydrogens is 233 g/mol. The number of unbranched alkanes of at least 4 members (excludes halogenated alkanes) is 2. The maximum Gasteiger partial charge on any atom is 0.131 e. The lowest BCUT2D eigenvalue weighted by atomic mass is 10.1. The average Bonchev–Trinajstić information content (AvgIpc) is 2.33. The fraction of sp³-hybridized carbons (Fsp3) is 0.571. The van der Waals surface area contributed by atoms with Gasteiger partial charge in [0.05, 0.1) is 0 Å². The number of benzene rings is 1. The van der Waals surface area contributed by atoms with Gasteiger partial charge in [0.2, 0.25) is 0 Å². The molecule has 0 aliphatic heterocycles. The van der Waals surface area contributed by atoms with Crippen LogP contribution in [0.2, 0.25) is 0 Å². The van der Waals surface area contributed by atoms with E-state index in [9.17, 15) is 4.39 Å². The Labute approximate surface area is 108 Å². The predicted molar refractivity (Wildman–Crippen MR) is 70.2 cm³/mol. The summed E-state index contributed by atoms with van der Waals surface area (Å²) in [6.07, 6.45) is 3.21. The topological polar surface area (TPSA) is 41.5 Å². The lowest BCUT2D eigenvalue weighted by Gasteiger charge is -2.15. The summed E-state index contributed by atoms with van der Waals surface area (Å²) in [5, 5.41) is 12.4. The van der Waals surface area contributed by atoms with Crippen LogP contribution >= 0.6 is 0 Å². The monoisotopic (exact) mass is 255 g/mol. The number of methoxy groups -OCH3 is 1. The Balaban J connectivity index is 2.29. The second kappa shape index (κ2) is 8.06. The van der Waals surface area contributed by atoms with E-state index in [1.165, 1.54) is 6.07 Å². The van der Waals surface area contributed by atoms with Crippen molar-refractivity contribution in [3.05, 3.63) is 29.6 Å². The molecule has 1 aromatic carbocycles. The summed E-state index contributed by atoms with van der Waals surface area (Å²) in [4.78, 5) is 0. The molecule has 1 unspecified atom stereocenters. The van der Waals surface area contributed by atoms with E-state index < -0.39 is 0 Å². The van der Waals surface area contributed by atoms with Gasteiger partial charge in [-0.25, -0.2) is 4.39 Å². The van der Waals surface area contributed by atoms with Gasteiger partial charge in [0.25, 0.3) is 0 Å². The number of rotatable bonds is 8. The quantitative estimate of drug-likeness (QED) is 0.702. The Hall–Kier alpha value is -1.13. The van der Waals surface area contributed by atoms with Crippen LogP contribution in [0.25, 0.3) is 0 Å². The van der Waals surface area contributed by atoms with Crippen molar-refractivity contribution in [2.45, 2.75) is 32.2 Å². The Morgan fingerprint density at radius 1 is 1.33 bits per heavy atom. The molecule has 0 fully saturated rings. The molecule has 3 nitrogen and oxygen atoms in total. The minimum Gasteiger partial charge on any atom is -0.508 e. The van der Waals surface area contributed by atoms with Gasteiger partial charge in [-0.1, -0.05) is 6.07 Å². The third-order valence-corrected chi connectivity index (χ3v) is 2.93. The molecule has 0 saturated carbocycles. The number of phenolic OH excluding ortho intramolecular Hbond substituents is 1. The number of hydrogen-bond acceptors (Lipinski definition) is 3. The van der Waals surface area contributed by atoms with Crippen molar-refractivity contribution in [3.63, 3.8) is 0 Å². The third kappa shape index (κ3) is 5.02. The van der Waals surface area contributed by atoms with Gasteiger partial charge < -0.3 is 15.2 Å². The minimum absolute atomic E-state index is 0.0389. The normalized spacial score (nSPS) is 12.6. The number of ether oxygens (including phenoxy) is 1. The summed E-state index contributed by atoms with van der Waals surface area (Å²) in [7, 11) is 1.70. The minimum atomic E-state index is -0.366. The highest BCUT2D eigenvalue weighted by Crippen LogP contribution is 2.20. The Kier molecular flexibility index (Phi) is 6.68. The molecule has 0 aromatic heterocycles. The SMILES string of the molecule is COCCCCCNC(C)c1ccc(O)cc1F. The zero-order valence-corrected chi connectivity index (χ0v) is 11.1. The molecule has 1 atom stereocenters. The van der Waals surface area contributed by atoms with Gasteiger partial charge in [0.1, 0.15) is 11.6 Å². The van der Waals surface area contributed by atoms with Crippen LogP contribution in [0.4, 0.5) is 4.39 Å². The Morgan fingerprint density at radius 2 is 2.11 bits per heavy atom. The van der Waals surface area contributed by atoms with Crippen molar-refractivity contribution < 1.29 is 14.2 Å². The van der Waals surface area contributed by atoms with Gasteiger partial charge in [-0.05, 0) is 38.8 Å². The highest BCUT2D eigenvalue weighted by Gasteiger charge is 2.10. The van der Waals surface area contributed by atoms with Crippen LogP contribution in [0.3, 0.4) is 0 Å². The molecule has 4 heteroatoms. The average molecular weight is 255 g/mol. The molecule has 18 heavy (non-hydrogen) atoms. The second-order valence-corrected chi connectivity index (χ2v) is 4.44. The van der Waals surface area contributed by atoms with Crippen molar-refractivity contribution in [1.29, 1.82) is 0 Å². The molecule has 0 aliphatic rings. The molecule has 2 N–H and O–H groups in total. The molecule has 0 amide bonds. The number of nitrogens with one attached hydrogen (secondary N) is 1. The van der Waals surface area contributed by atoms with Crippen LogP contribution in [0.5, 0.6) is 5.75 Å². The number of hydrogen-bond donors (Lipinski definition) is 2.